The fourth-order valence-corrected chi connectivity index (χ4v) is 1.94. The van der Waals surface area contributed by atoms with Gasteiger partial charge in [0.2, 0.25) is 5.96 Å². The number of aliphatic imine (C=N–C) groups is 1. The quantitative estimate of drug-likeness (QED) is 0.832. The molecule has 4 nitrogen and oxygen atoms in total. The molecule has 0 atom stereocenters. The van der Waals surface area contributed by atoms with Gasteiger partial charge in [-0.15, -0.1) is 0 Å². The first-order chi connectivity index (χ1) is 10.2. The number of rotatable bonds is 2. The van der Waals surface area contributed by atoms with E-state index in [-0.39, 0.29) is 17.4 Å². The van der Waals surface area contributed by atoms with E-state index in [1.54, 1.807) is 12.1 Å². The molecule has 1 aliphatic heterocycles. The van der Waals surface area contributed by atoms with Gasteiger partial charge in [0, 0.05) is 5.69 Å². The summed E-state index contributed by atoms with van der Waals surface area (Å²) in [5.41, 5.74) is 1.65. The fourth-order valence-electron chi connectivity index (χ4n) is 1.94. The molecule has 0 saturated carbocycles. The first-order valence-corrected chi connectivity index (χ1v) is 6.40. The molecule has 0 aromatic heterocycles. The summed E-state index contributed by atoms with van der Waals surface area (Å²) in [7, 11) is 0. The summed E-state index contributed by atoms with van der Waals surface area (Å²) in [5, 5.41) is 5.63. The van der Waals surface area contributed by atoms with Crippen LogP contribution < -0.4 is 10.6 Å². The Balaban J connectivity index is 1.82. The first-order valence-electron chi connectivity index (χ1n) is 6.40. The normalized spacial score (nSPS) is 15.8. The first kappa shape index (κ1) is 13.1. The third-order valence-corrected chi connectivity index (χ3v) is 2.89. The second kappa shape index (κ2) is 5.58. The van der Waals surface area contributed by atoms with E-state index in [1.165, 1.54) is 18.2 Å². The molecule has 5 heteroatoms. The van der Waals surface area contributed by atoms with Crippen molar-refractivity contribution in [3.8, 4) is 0 Å². The maximum absolute atomic E-state index is 13.1. The highest BCUT2D eigenvalue weighted by Gasteiger charge is 2.19. The van der Waals surface area contributed by atoms with Crippen LogP contribution in [0.4, 0.5) is 10.1 Å². The molecule has 2 aromatic carbocycles. The van der Waals surface area contributed by atoms with Gasteiger partial charge in [-0.1, -0.05) is 30.3 Å². The monoisotopic (exact) mass is 281 g/mol. The van der Waals surface area contributed by atoms with Gasteiger partial charge in [-0.25, -0.2) is 9.38 Å². The Morgan fingerprint density at radius 3 is 2.67 bits per heavy atom. The van der Waals surface area contributed by atoms with Gasteiger partial charge in [-0.05, 0) is 35.9 Å². The Morgan fingerprint density at radius 2 is 1.90 bits per heavy atom. The van der Waals surface area contributed by atoms with Crippen LogP contribution in [0.15, 0.2) is 65.3 Å². The van der Waals surface area contributed by atoms with Gasteiger partial charge in [0.1, 0.15) is 11.5 Å². The molecule has 1 heterocycles. The molecule has 0 unspecified atom stereocenters. The van der Waals surface area contributed by atoms with Crippen molar-refractivity contribution in [3.63, 3.8) is 0 Å². The Kier molecular flexibility index (Phi) is 3.47. The zero-order valence-corrected chi connectivity index (χ0v) is 11.0. The molecule has 104 valence electrons. The summed E-state index contributed by atoms with van der Waals surface area (Å²) in [6.07, 6.45) is 1.54. The topological polar surface area (TPSA) is 53.5 Å². The number of para-hydroxylation sites is 1. The highest BCUT2D eigenvalue weighted by Crippen LogP contribution is 2.14. The van der Waals surface area contributed by atoms with Crippen LogP contribution in [-0.4, -0.2) is 11.9 Å². The predicted octanol–water partition coefficient (Wildman–Crippen LogP) is 2.76. The van der Waals surface area contributed by atoms with E-state index >= 15 is 0 Å². The van der Waals surface area contributed by atoms with Crippen molar-refractivity contribution in [1.82, 2.24) is 5.32 Å². The molecule has 0 aliphatic carbocycles. The number of halogens is 1. The maximum atomic E-state index is 13.1. The summed E-state index contributed by atoms with van der Waals surface area (Å²) in [5.74, 6) is -0.319. The number of nitrogens with one attached hydrogen (secondary N) is 2. The van der Waals surface area contributed by atoms with Gasteiger partial charge in [-0.2, -0.15) is 0 Å². The highest BCUT2D eigenvalue weighted by atomic mass is 19.1. The molecule has 0 spiro atoms. The largest absolute Gasteiger partial charge is 0.326 e. The van der Waals surface area contributed by atoms with Crippen LogP contribution in [0.25, 0.3) is 6.08 Å². The molecular formula is C16H12FN3O. The number of carbonyl (C=O) groups excluding carboxylic acids is 1. The summed E-state index contributed by atoms with van der Waals surface area (Å²) in [6, 6.07) is 15.4. The highest BCUT2D eigenvalue weighted by molar-refractivity contribution is 6.17. The second-order valence-electron chi connectivity index (χ2n) is 4.49. The lowest BCUT2D eigenvalue weighted by atomic mass is 10.2. The number of carbonyl (C=O) groups is 1. The Bertz CT molecular complexity index is 738. The molecule has 0 radical (unpaired) electrons. The van der Waals surface area contributed by atoms with Crippen molar-refractivity contribution in [2.75, 3.05) is 5.32 Å². The van der Waals surface area contributed by atoms with Crippen LogP contribution in [0.3, 0.4) is 0 Å². The molecule has 2 N–H and O–H groups in total. The van der Waals surface area contributed by atoms with Crippen molar-refractivity contribution in [1.29, 1.82) is 0 Å². The molecule has 0 bridgehead atoms. The van der Waals surface area contributed by atoms with Gasteiger partial charge in [0.05, 0.1) is 0 Å². The third-order valence-electron chi connectivity index (χ3n) is 2.89. The molecule has 3 rings (SSSR count). The molecule has 21 heavy (non-hydrogen) atoms. The number of guanidine groups is 1. The number of hydrogen-bond donors (Lipinski definition) is 2. The summed E-state index contributed by atoms with van der Waals surface area (Å²) >= 11 is 0. The number of anilines is 1. The summed E-state index contributed by atoms with van der Waals surface area (Å²) in [6.45, 7) is 0. The Morgan fingerprint density at radius 1 is 1.10 bits per heavy atom. The lowest BCUT2D eigenvalue weighted by molar-refractivity contribution is -0.115. The zero-order chi connectivity index (χ0) is 14.7. The molecule has 0 fully saturated rings. The van der Waals surface area contributed by atoms with Crippen molar-refractivity contribution in [3.05, 3.63) is 71.7 Å². The van der Waals surface area contributed by atoms with Crippen molar-refractivity contribution in [2.24, 2.45) is 4.99 Å². The van der Waals surface area contributed by atoms with Gasteiger partial charge in [0.15, 0.2) is 0 Å². The average molecular weight is 281 g/mol. The van der Waals surface area contributed by atoms with Crippen molar-refractivity contribution in [2.45, 2.75) is 0 Å². The SMILES string of the molecule is O=C1NC(Nc2ccccc2)=N/C1=C\c1cccc(F)c1. The van der Waals surface area contributed by atoms with Gasteiger partial charge < -0.3 is 5.32 Å². The lowest BCUT2D eigenvalue weighted by Gasteiger charge is -2.03. The fraction of sp³-hybridized carbons (Fsp3) is 0. The minimum Gasteiger partial charge on any atom is -0.326 e. The van der Waals surface area contributed by atoms with Crippen LogP contribution in [0.5, 0.6) is 0 Å². The molecule has 1 aliphatic rings. The van der Waals surface area contributed by atoms with Crippen LogP contribution >= 0.6 is 0 Å². The van der Waals surface area contributed by atoms with Crippen LogP contribution in [-0.2, 0) is 4.79 Å². The van der Waals surface area contributed by atoms with Crippen LogP contribution in [0, 0.1) is 5.82 Å². The predicted molar refractivity (Wildman–Crippen MR) is 80.0 cm³/mol. The average Bonchev–Trinajstić information content (AvgIpc) is 2.80. The van der Waals surface area contributed by atoms with E-state index < -0.39 is 0 Å². The van der Waals surface area contributed by atoms with Crippen molar-refractivity contribution < 1.29 is 9.18 Å². The summed E-state index contributed by atoms with van der Waals surface area (Å²) < 4.78 is 13.1. The van der Waals surface area contributed by atoms with E-state index in [0.29, 0.717) is 11.5 Å². The lowest BCUT2D eigenvalue weighted by Crippen LogP contribution is -2.29. The molecule has 0 saturated heterocycles. The minimum absolute atomic E-state index is 0.235. The van der Waals surface area contributed by atoms with Crippen molar-refractivity contribution >= 4 is 23.6 Å². The molecule has 1 amide bonds. The molecular weight excluding hydrogens is 269 g/mol. The Labute approximate surface area is 121 Å². The third kappa shape index (κ3) is 3.14. The van der Waals surface area contributed by atoms with E-state index in [1.807, 2.05) is 30.3 Å². The Hall–Kier alpha value is -2.95. The number of hydrogen-bond acceptors (Lipinski definition) is 3. The standard InChI is InChI=1S/C16H12FN3O/c17-12-6-4-5-11(9-12)10-14-15(21)20-16(19-14)18-13-7-2-1-3-8-13/h1-10H,(H2,18,19,20,21)/b14-10-. The van der Waals surface area contributed by atoms with E-state index in [0.717, 1.165) is 5.69 Å². The van der Waals surface area contributed by atoms with Gasteiger partial charge in [-0.3, -0.25) is 10.1 Å². The van der Waals surface area contributed by atoms with Crippen LogP contribution in [0.1, 0.15) is 5.56 Å². The molecule has 2 aromatic rings. The van der Waals surface area contributed by atoms with Gasteiger partial charge in [0.25, 0.3) is 5.91 Å². The number of amides is 1. The van der Waals surface area contributed by atoms with E-state index in [2.05, 4.69) is 15.6 Å². The minimum atomic E-state index is -0.352. The smallest absolute Gasteiger partial charge is 0.276 e. The van der Waals surface area contributed by atoms with Gasteiger partial charge >= 0.3 is 0 Å². The summed E-state index contributed by atoms with van der Waals surface area (Å²) in [4.78, 5) is 16.0. The van der Waals surface area contributed by atoms with Crippen LogP contribution in [0.2, 0.25) is 0 Å². The number of benzene rings is 2. The zero-order valence-electron chi connectivity index (χ0n) is 11.0. The van der Waals surface area contributed by atoms with E-state index in [4.69, 9.17) is 0 Å². The second-order valence-corrected chi connectivity index (χ2v) is 4.49. The van der Waals surface area contributed by atoms with E-state index in [9.17, 15) is 9.18 Å². The number of nitrogens with zero attached hydrogens (tertiary/aromatic N) is 1. The maximum Gasteiger partial charge on any atom is 0.276 e.